The lowest BCUT2D eigenvalue weighted by molar-refractivity contribution is -0.185. The predicted octanol–water partition coefficient (Wildman–Crippen LogP) is 6.91. The smallest absolute Gasteiger partial charge is 0.116 e. The van der Waals surface area contributed by atoms with Crippen molar-refractivity contribution in [3.63, 3.8) is 0 Å². The molecule has 0 aliphatic rings. The summed E-state index contributed by atoms with van der Waals surface area (Å²) in [5.74, 6) is 0. The molecule has 0 saturated heterocycles. The van der Waals surface area contributed by atoms with Crippen LogP contribution < -0.4 is 0 Å². The van der Waals surface area contributed by atoms with Gasteiger partial charge in [-0.25, -0.2) is 0 Å². The maximum absolute atomic E-state index is 11.4. The number of hydrogen-bond donors (Lipinski definition) is 3. The molecule has 0 heterocycles. The van der Waals surface area contributed by atoms with Crippen molar-refractivity contribution in [2.75, 3.05) is 6.61 Å². The van der Waals surface area contributed by atoms with Gasteiger partial charge in [0.05, 0.1) is 12.2 Å². The van der Waals surface area contributed by atoms with Crippen molar-refractivity contribution >= 4 is 0 Å². The lowest BCUT2D eigenvalue weighted by Crippen LogP contribution is -2.56. The van der Waals surface area contributed by atoms with Gasteiger partial charge in [0.25, 0.3) is 0 Å². The van der Waals surface area contributed by atoms with E-state index in [0.29, 0.717) is 19.3 Å². The van der Waals surface area contributed by atoms with Gasteiger partial charge < -0.3 is 15.3 Å². The first-order valence-corrected chi connectivity index (χ1v) is 12.5. The van der Waals surface area contributed by atoms with Gasteiger partial charge in [-0.3, -0.25) is 0 Å². The number of hydrogen-bond acceptors (Lipinski definition) is 3. The van der Waals surface area contributed by atoms with E-state index in [4.69, 9.17) is 0 Å². The molecular formula is C25H52O3. The zero-order valence-corrected chi connectivity index (χ0v) is 19.5. The summed E-state index contributed by atoms with van der Waals surface area (Å²) in [5, 5.41) is 32.6. The fourth-order valence-electron chi connectivity index (χ4n) is 4.29. The van der Waals surface area contributed by atoms with E-state index in [9.17, 15) is 15.3 Å². The molecule has 0 amide bonds. The molecule has 0 bridgehead atoms. The topological polar surface area (TPSA) is 60.7 Å². The Balaban J connectivity index is 4.60. The molecule has 2 unspecified atom stereocenters. The van der Waals surface area contributed by atoms with Crippen molar-refractivity contribution < 1.29 is 15.3 Å². The normalized spacial score (nSPS) is 16.1. The lowest BCUT2D eigenvalue weighted by Gasteiger charge is -2.43. The summed E-state index contributed by atoms with van der Waals surface area (Å²) in [6.45, 7) is 6.27. The van der Waals surface area contributed by atoms with E-state index in [2.05, 4.69) is 20.8 Å². The minimum Gasteiger partial charge on any atom is -0.393 e. The highest BCUT2D eigenvalue weighted by Gasteiger charge is 2.47. The molecule has 0 rings (SSSR count). The summed E-state index contributed by atoms with van der Waals surface area (Å²) < 4.78 is 0. The molecule has 3 heteroatoms. The third kappa shape index (κ3) is 11.8. The second-order valence-corrected chi connectivity index (χ2v) is 9.07. The van der Waals surface area contributed by atoms with Crippen LogP contribution in [0, 0.1) is 0 Å². The van der Waals surface area contributed by atoms with Gasteiger partial charge in [0.15, 0.2) is 0 Å². The first-order chi connectivity index (χ1) is 13.5. The van der Waals surface area contributed by atoms with Crippen LogP contribution in [0.1, 0.15) is 143 Å². The Kier molecular flexibility index (Phi) is 17.6. The average Bonchev–Trinajstić information content (AvgIpc) is 2.70. The van der Waals surface area contributed by atoms with Gasteiger partial charge in [-0.1, -0.05) is 124 Å². The first-order valence-electron chi connectivity index (χ1n) is 12.5. The summed E-state index contributed by atoms with van der Waals surface area (Å²) in [5.41, 5.74) is -2.50. The number of rotatable bonds is 21. The van der Waals surface area contributed by atoms with E-state index >= 15 is 0 Å². The van der Waals surface area contributed by atoms with Crippen LogP contribution in [-0.2, 0) is 0 Å². The fourth-order valence-corrected chi connectivity index (χ4v) is 4.29. The molecule has 2 atom stereocenters. The Bertz CT molecular complexity index is 334. The Morgan fingerprint density at radius 3 is 1.07 bits per heavy atom. The third-order valence-corrected chi connectivity index (χ3v) is 6.46. The minimum absolute atomic E-state index is 0.333. The fraction of sp³-hybridized carbons (Fsp3) is 1.00. The predicted molar refractivity (Wildman–Crippen MR) is 122 cm³/mol. The van der Waals surface area contributed by atoms with Crippen LogP contribution in [0.3, 0.4) is 0 Å². The molecule has 0 aliphatic heterocycles. The second-order valence-electron chi connectivity index (χ2n) is 9.07. The average molecular weight is 401 g/mol. The number of aliphatic hydroxyl groups excluding tert-OH is 1. The molecule has 0 aromatic rings. The summed E-state index contributed by atoms with van der Waals surface area (Å²) in [6.07, 6.45) is 20.1. The van der Waals surface area contributed by atoms with E-state index < -0.39 is 11.2 Å². The summed E-state index contributed by atoms with van der Waals surface area (Å²) in [6, 6.07) is 0. The van der Waals surface area contributed by atoms with Crippen LogP contribution in [0.15, 0.2) is 0 Å². The second kappa shape index (κ2) is 17.7. The van der Waals surface area contributed by atoms with Gasteiger partial charge in [0.2, 0.25) is 0 Å². The molecule has 0 spiro atoms. The molecule has 0 aromatic heterocycles. The molecule has 3 N–H and O–H groups in total. The zero-order valence-electron chi connectivity index (χ0n) is 19.5. The van der Waals surface area contributed by atoms with E-state index in [-0.39, 0.29) is 6.61 Å². The van der Waals surface area contributed by atoms with E-state index in [1.165, 1.54) is 44.9 Å². The summed E-state index contributed by atoms with van der Waals surface area (Å²) in [4.78, 5) is 0. The van der Waals surface area contributed by atoms with Crippen molar-refractivity contribution in [1.29, 1.82) is 0 Å². The molecule has 0 radical (unpaired) electrons. The Hall–Kier alpha value is -0.120. The standard InChI is InChI=1S/C25H52O3/c1-4-7-10-13-14-15-16-19-21-24(27,20-17-11-8-5-2)25(28,23-26)22-18-12-9-6-3/h26-28H,4-23H2,1-3H3. The van der Waals surface area contributed by atoms with Gasteiger partial charge in [-0.05, 0) is 19.3 Å². The molecule has 0 aliphatic carbocycles. The van der Waals surface area contributed by atoms with Crippen molar-refractivity contribution in [3.8, 4) is 0 Å². The highest BCUT2D eigenvalue weighted by Crippen LogP contribution is 2.37. The maximum atomic E-state index is 11.4. The SMILES string of the molecule is CCCCCCCCCCC(O)(CCCCCC)C(O)(CO)CCCCCC. The Morgan fingerprint density at radius 2 is 0.714 bits per heavy atom. The van der Waals surface area contributed by atoms with E-state index in [0.717, 1.165) is 57.8 Å². The van der Waals surface area contributed by atoms with E-state index in [1.807, 2.05) is 0 Å². The van der Waals surface area contributed by atoms with Gasteiger partial charge >= 0.3 is 0 Å². The quantitative estimate of drug-likeness (QED) is 0.183. The van der Waals surface area contributed by atoms with Crippen molar-refractivity contribution in [2.45, 2.75) is 154 Å². The molecule has 0 aromatic carbocycles. The van der Waals surface area contributed by atoms with Crippen LogP contribution in [0.25, 0.3) is 0 Å². The molecule has 3 nitrogen and oxygen atoms in total. The zero-order chi connectivity index (χ0) is 21.1. The molecule has 170 valence electrons. The van der Waals surface area contributed by atoms with Gasteiger partial charge in [-0.2, -0.15) is 0 Å². The van der Waals surface area contributed by atoms with Gasteiger partial charge in [0, 0.05) is 0 Å². The number of unbranched alkanes of at least 4 members (excludes halogenated alkanes) is 13. The van der Waals surface area contributed by atoms with Crippen molar-refractivity contribution in [1.82, 2.24) is 0 Å². The molecule has 0 saturated carbocycles. The Labute approximate surface area is 176 Å². The first kappa shape index (κ1) is 27.9. The third-order valence-electron chi connectivity index (χ3n) is 6.46. The number of aliphatic hydroxyl groups is 3. The van der Waals surface area contributed by atoms with Gasteiger partial charge in [-0.15, -0.1) is 0 Å². The van der Waals surface area contributed by atoms with Crippen LogP contribution in [-0.4, -0.2) is 33.1 Å². The monoisotopic (exact) mass is 400 g/mol. The largest absolute Gasteiger partial charge is 0.393 e. The minimum atomic E-state index is -1.35. The molecule has 0 fully saturated rings. The summed E-state index contributed by atoms with van der Waals surface area (Å²) in [7, 11) is 0. The lowest BCUT2D eigenvalue weighted by atomic mass is 9.73. The highest BCUT2D eigenvalue weighted by atomic mass is 16.4. The van der Waals surface area contributed by atoms with Crippen molar-refractivity contribution in [2.24, 2.45) is 0 Å². The Morgan fingerprint density at radius 1 is 0.429 bits per heavy atom. The van der Waals surface area contributed by atoms with Gasteiger partial charge in [0.1, 0.15) is 5.60 Å². The van der Waals surface area contributed by atoms with Crippen LogP contribution in [0.2, 0.25) is 0 Å². The maximum Gasteiger partial charge on any atom is 0.116 e. The van der Waals surface area contributed by atoms with Crippen LogP contribution in [0.4, 0.5) is 0 Å². The highest BCUT2D eigenvalue weighted by molar-refractivity contribution is 4.99. The van der Waals surface area contributed by atoms with E-state index in [1.54, 1.807) is 0 Å². The van der Waals surface area contributed by atoms with Crippen LogP contribution >= 0.6 is 0 Å². The van der Waals surface area contributed by atoms with Crippen molar-refractivity contribution in [3.05, 3.63) is 0 Å². The summed E-state index contributed by atoms with van der Waals surface area (Å²) >= 11 is 0. The molecular weight excluding hydrogens is 348 g/mol. The van der Waals surface area contributed by atoms with Crippen LogP contribution in [0.5, 0.6) is 0 Å². The molecule has 28 heavy (non-hydrogen) atoms.